The van der Waals surface area contributed by atoms with Crippen LogP contribution in [0.5, 0.6) is 0 Å². The van der Waals surface area contributed by atoms with Crippen molar-refractivity contribution < 1.29 is 0 Å². The number of hydrogen-bond acceptors (Lipinski definition) is 3. The Hall–Kier alpha value is -2.00. The standard InChI is InChI=1S/C18H18N2S/c1-2-21-18-8-4-3-7-17(18)20-13-14-9-10-16-15(12-14)6-5-11-19-16/h3-12,20H,2,13H2,1H3. The van der Waals surface area contributed by atoms with Crippen LogP contribution in [-0.4, -0.2) is 10.7 Å². The molecule has 0 amide bonds. The van der Waals surface area contributed by atoms with Crippen LogP contribution in [0.2, 0.25) is 0 Å². The van der Waals surface area contributed by atoms with Crippen LogP contribution in [-0.2, 0) is 6.54 Å². The average molecular weight is 294 g/mol. The molecule has 0 aliphatic rings. The van der Waals surface area contributed by atoms with E-state index in [0.717, 1.165) is 17.8 Å². The summed E-state index contributed by atoms with van der Waals surface area (Å²) in [7, 11) is 0. The highest BCUT2D eigenvalue weighted by Crippen LogP contribution is 2.27. The molecule has 3 rings (SSSR count). The molecule has 1 aromatic heterocycles. The summed E-state index contributed by atoms with van der Waals surface area (Å²) < 4.78 is 0. The third kappa shape index (κ3) is 3.37. The van der Waals surface area contributed by atoms with Crippen molar-refractivity contribution in [2.24, 2.45) is 0 Å². The number of para-hydroxylation sites is 1. The Balaban J connectivity index is 1.77. The lowest BCUT2D eigenvalue weighted by atomic mass is 10.1. The molecule has 0 radical (unpaired) electrons. The summed E-state index contributed by atoms with van der Waals surface area (Å²) in [5.74, 6) is 1.08. The Morgan fingerprint density at radius 3 is 2.86 bits per heavy atom. The minimum Gasteiger partial charge on any atom is -0.380 e. The molecule has 0 aliphatic carbocycles. The van der Waals surface area contributed by atoms with Crippen LogP contribution in [0.1, 0.15) is 12.5 Å². The number of anilines is 1. The van der Waals surface area contributed by atoms with Crippen LogP contribution in [0.3, 0.4) is 0 Å². The van der Waals surface area contributed by atoms with E-state index in [-0.39, 0.29) is 0 Å². The van der Waals surface area contributed by atoms with Gasteiger partial charge in [0.05, 0.1) is 5.52 Å². The Kier molecular flexibility index (Phi) is 4.41. The van der Waals surface area contributed by atoms with E-state index in [9.17, 15) is 0 Å². The van der Waals surface area contributed by atoms with Gasteiger partial charge in [0, 0.05) is 28.7 Å². The number of pyridine rings is 1. The van der Waals surface area contributed by atoms with Gasteiger partial charge in [-0.15, -0.1) is 11.8 Å². The van der Waals surface area contributed by atoms with Crippen molar-refractivity contribution in [3.63, 3.8) is 0 Å². The predicted octanol–water partition coefficient (Wildman–Crippen LogP) is 4.96. The van der Waals surface area contributed by atoms with Crippen LogP contribution in [0.4, 0.5) is 5.69 Å². The molecule has 3 heteroatoms. The fourth-order valence-corrected chi connectivity index (χ4v) is 3.11. The highest BCUT2D eigenvalue weighted by molar-refractivity contribution is 7.99. The maximum atomic E-state index is 4.36. The van der Waals surface area contributed by atoms with Crippen LogP contribution in [0.15, 0.2) is 65.7 Å². The summed E-state index contributed by atoms with van der Waals surface area (Å²) in [6.45, 7) is 3.00. The van der Waals surface area contributed by atoms with Crippen molar-refractivity contribution in [3.05, 3.63) is 66.4 Å². The molecular formula is C18H18N2S. The molecule has 0 saturated carbocycles. The van der Waals surface area contributed by atoms with E-state index in [2.05, 4.69) is 65.8 Å². The van der Waals surface area contributed by atoms with E-state index < -0.39 is 0 Å². The summed E-state index contributed by atoms with van der Waals surface area (Å²) in [6, 6.07) is 19.0. The molecule has 0 aliphatic heterocycles. The zero-order valence-corrected chi connectivity index (χ0v) is 12.9. The second kappa shape index (κ2) is 6.64. The van der Waals surface area contributed by atoms with Crippen molar-refractivity contribution in [2.45, 2.75) is 18.4 Å². The molecule has 0 spiro atoms. The fraction of sp³-hybridized carbons (Fsp3) is 0.167. The van der Waals surface area contributed by atoms with Crippen LogP contribution in [0, 0.1) is 0 Å². The van der Waals surface area contributed by atoms with E-state index in [1.54, 1.807) is 0 Å². The van der Waals surface area contributed by atoms with Crippen molar-refractivity contribution in [3.8, 4) is 0 Å². The average Bonchev–Trinajstić information content (AvgIpc) is 2.54. The molecule has 0 fully saturated rings. The topological polar surface area (TPSA) is 24.9 Å². The molecule has 0 unspecified atom stereocenters. The summed E-state index contributed by atoms with van der Waals surface area (Å²) >= 11 is 1.87. The number of benzene rings is 2. The van der Waals surface area contributed by atoms with Gasteiger partial charge in [-0.3, -0.25) is 4.98 Å². The zero-order chi connectivity index (χ0) is 14.5. The lowest BCUT2D eigenvalue weighted by Gasteiger charge is -2.11. The van der Waals surface area contributed by atoms with Crippen molar-refractivity contribution in [2.75, 3.05) is 11.1 Å². The Bertz CT molecular complexity index is 740. The largest absolute Gasteiger partial charge is 0.380 e. The summed E-state index contributed by atoms with van der Waals surface area (Å²) in [5.41, 5.74) is 3.52. The third-order valence-corrected chi connectivity index (χ3v) is 4.29. The molecule has 1 heterocycles. The van der Waals surface area contributed by atoms with Gasteiger partial charge in [-0.25, -0.2) is 0 Å². The number of fused-ring (bicyclic) bond motifs is 1. The molecule has 0 bridgehead atoms. The van der Waals surface area contributed by atoms with Gasteiger partial charge >= 0.3 is 0 Å². The van der Waals surface area contributed by atoms with Gasteiger partial charge in [0.1, 0.15) is 0 Å². The van der Waals surface area contributed by atoms with Gasteiger partial charge in [-0.1, -0.05) is 31.2 Å². The predicted molar refractivity (Wildman–Crippen MR) is 91.9 cm³/mol. The SMILES string of the molecule is CCSc1ccccc1NCc1ccc2ncccc2c1. The van der Waals surface area contributed by atoms with Crippen LogP contribution < -0.4 is 5.32 Å². The number of thioether (sulfide) groups is 1. The van der Waals surface area contributed by atoms with E-state index in [1.807, 2.05) is 24.0 Å². The highest BCUT2D eigenvalue weighted by Gasteiger charge is 2.02. The molecule has 2 nitrogen and oxygen atoms in total. The second-order valence-corrected chi connectivity index (χ2v) is 6.12. The van der Waals surface area contributed by atoms with Gasteiger partial charge in [-0.2, -0.15) is 0 Å². The smallest absolute Gasteiger partial charge is 0.0702 e. The van der Waals surface area contributed by atoms with Crippen LogP contribution >= 0.6 is 11.8 Å². The minimum absolute atomic E-state index is 0.826. The number of nitrogens with zero attached hydrogens (tertiary/aromatic N) is 1. The monoisotopic (exact) mass is 294 g/mol. The first kappa shape index (κ1) is 14.0. The molecule has 21 heavy (non-hydrogen) atoms. The van der Waals surface area contributed by atoms with Gasteiger partial charge in [0.25, 0.3) is 0 Å². The Morgan fingerprint density at radius 2 is 1.95 bits per heavy atom. The van der Waals surface area contributed by atoms with Crippen molar-refractivity contribution in [1.29, 1.82) is 0 Å². The number of nitrogens with one attached hydrogen (secondary N) is 1. The fourth-order valence-electron chi connectivity index (χ4n) is 2.33. The molecule has 106 valence electrons. The number of hydrogen-bond donors (Lipinski definition) is 1. The van der Waals surface area contributed by atoms with E-state index >= 15 is 0 Å². The summed E-state index contributed by atoms with van der Waals surface area (Å²) in [6.07, 6.45) is 1.83. The van der Waals surface area contributed by atoms with Gasteiger partial charge < -0.3 is 5.32 Å². The lowest BCUT2D eigenvalue weighted by Crippen LogP contribution is -2.00. The number of aromatic nitrogens is 1. The summed E-state index contributed by atoms with van der Waals surface area (Å²) in [4.78, 5) is 5.66. The van der Waals surface area contributed by atoms with E-state index in [1.165, 1.54) is 21.5 Å². The maximum absolute atomic E-state index is 4.36. The van der Waals surface area contributed by atoms with Gasteiger partial charge in [-0.05, 0) is 41.6 Å². The highest BCUT2D eigenvalue weighted by atomic mass is 32.2. The van der Waals surface area contributed by atoms with E-state index in [0.29, 0.717) is 0 Å². The quantitative estimate of drug-likeness (QED) is 0.673. The van der Waals surface area contributed by atoms with Crippen molar-refractivity contribution in [1.82, 2.24) is 4.98 Å². The molecule has 2 aromatic carbocycles. The maximum Gasteiger partial charge on any atom is 0.0702 e. The molecule has 1 N–H and O–H groups in total. The minimum atomic E-state index is 0.826. The second-order valence-electron chi connectivity index (χ2n) is 4.81. The first-order chi connectivity index (χ1) is 10.4. The Labute approximate surface area is 129 Å². The molecule has 0 saturated heterocycles. The van der Waals surface area contributed by atoms with E-state index in [4.69, 9.17) is 0 Å². The summed E-state index contributed by atoms with van der Waals surface area (Å²) in [5, 5.41) is 4.73. The van der Waals surface area contributed by atoms with Crippen LogP contribution in [0.25, 0.3) is 10.9 Å². The zero-order valence-electron chi connectivity index (χ0n) is 12.0. The molecule has 0 atom stereocenters. The number of rotatable bonds is 5. The molecule has 3 aromatic rings. The third-order valence-electron chi connectivity index (χ3n) is 3.34. The molecular weight excluding hydrogens is 276 g/mol. The van der Waals surface area contributed by atoms with Crippen molar-refractivity contribution >= 4 is 28.4 Å². The first-order valence-corrected chi connectivity index (χ1v) is 8.15. The first-order valence-electron chi connectivity index (χ1n) is 7.16. The lowest BCUT2D eigenvalue weighted by molar-refractivity contribution is 1.13. The normalized spacial score (nSPS) is 10.7. The van der Waals surface area contributed by atoms with Gasteiger partial charge in [0.2, 0.25) is 0 Å². The van der Waals surface area contributed by atoms with Gasteiger partial charge in [0.15, 0.2) is 0 Å². The Morgan fingerprint density at radius 1 is 1.05 bits per heavy atom.